The molecule has 2 N–H and O–H groups in total. The first-order valence-electron chi connectivity index (χ1n) is 8.85. The van der Waals surface area contributed by atoms with Crippen LogP contribution in [0.4, 0.5) is 0 Å². The highest BCUT2D eigenvalue weighted by atomic mass is 16.1. The Balaban J connectivity index is 1.84. The Hall–Kier alpha value is -2.11. The fourth-order valence-electron chi connectivity index (χ4n) is 2.98. The number of hydrogen-bond donors (Lipinski definition) is 2. The van der Waals surface area contributed by atoms with Crippen LogP contribution in [-0.2, 0) is 11.2 Å². The molecule has 0 spiro atoms. The first kappa shape index (κ1) is 18.2. The summed E-state index contributed by atoms with van der Waals surface area (Å²) < 4.78 is 0. The first-order chi connectivity index (χ1) is 11.7. The van der Waals surface area contributed by atoms with Gasteiger partial charge in [0.1, 0.15) is 0 Å². The van der Waals surface area contributed by atoms with Gasteiger partial charge in [0.05, 0.1) is 0 Å². The van der Waals surface area contributed by atoms with E-state index in [9.17, 15) is 4.79 Å². The van der Waals surface area contributed by atoms with Gasteiger partial charge in [0.2, 0.25) is 5.91 Å². The number of likely N-dealkylation sites (tertiary alicyclic amines) is 1. The number of hydrogen-bond acceptors (Lipinski definition) is 3. The molecule has 1 aromatic rings. The van der Waals surface area contributed by atoms with E-state index in [0.717, 1.165) is 51.4 Å². The quantitative estimate of drug-likeness (QED) is 0.611. The number of nitrogens with zero attached hydrogens (tertiary/aromatic N) is 3. The van der Waals surface area contributed by atoms with E-state index in [-0.39, 0.29) is 5.91 Å². The van der Waals surface area contributed by atoms with Crippen LogP contribution in [0, 0.1) is 5.92 Å². The number of carbonyl (C=O) groups is 1. The number of guanidine groups is 1. The predicted octanol–water partition coefficient (Wildman–Crippen LogP) is 1.44. The van der Waals surface area contributed by atoms with Gasteiger partial charge in [0.15, 0.2) is 5.96 Å². The number of nitrogens with one attached hydrogen (secondary N) is 2. The van der Waals surface area contributed by atoms with Crippen molar-refractivity contribution in [2.45, 2.75) is 32.6 Å². The minimum absolute atomic E-state index is 0.144. The van der Waals surface area contributed by atoms with Crippen LogP contribution in [0.15, 0.2) is 29.5 Å². The van der Waals surface area contributed by atoms with E-state index in [1.165, 1.54) is 5.56 Å². The monoisotopic (exact) mass is 331 g/mol. The number of carbonyl (C=O) groups excluding carboxylic acids is 1. The maximum Gasteiger partial charge on any atom is 0.220 e. The molecule has 1 aliphatic heterocycles. The number of piperidine rings is 1. The Morgan fingerprint density at radius 3 is 2.83 bits per heavy atom. The highest BCUT2D eigenvalue weighted by molar-refractivity contribution is 5.80. The molecule has 0 atom stereocenters. The van der Waals surface area contributed by atoms with Crippen LogP contribution >= 0.6 is 0 Å². The molecular weight excluding hydrogens is 302 g/mol. The molecule has 0 saturated carbocycles. The Kier molecular flexibility index (Phi) is 7.52. The normalized spacial score (nSPS) is 16.1. The van der Waals surface area contributed by atoms with Crippen LogP contribution in [0.3, 0.4) is 0 Å². The second-order valence-corrected chi connectivity index (χ2v) is 6.15. The van der Waals surface area contributed by atoms with Crippen LogP contribution in [0.5, 0.6) is 0 Å². The number of aromatic nitrogens is 1. The van der Waals surface area contributed by atoms with Crippen molar-refractivity contribution >= 4 is 11.9 Å². The van der Waals surface area contributed by atoms with Crippen molar-refractivity contribution in [3.8, 4) is 0 Å². The van der Waals surface area contributed by atoms with Crippen LogP contribution in [0.1, 0.15) is 31.7 Å². The molecule has 0 bridgehead atoms. The van der Waals surface area contributed by atoms with E-state index in [1.807, 2.05) is 12.3 Å². The molecular formula is C18H29N5O. The predicted molar refractivity (Wildman–Crippen MR) is 96.9 cm³/mol. The summed E-state index contributed by atoms with van der Waals surface area (Å²) in [6.45, 7) is 5.63. The Bertz CT molecular complexity index is 523. The first-order valence-corrected chi connectivity index (χ1v) is 8.85. The van der Waals surface area contributed by atoms with Crippen molar-refractivity contribution < 1.29 is 4.79 Å². The average molecular weight is 331 g/mol. The van der Waals surface area contributed by atoms with Gasteiger partial charge in [-0.15, -0.1) is 0 Å². The zero-order valence-corrected chi connectivity index (χ0v) is 14.8. The van der Waals surface area contributed by atoms with Crippen molar-refractivity contribution in [3.63, 3.8) is 0 Å². The minimum Gasteiger partial charge on any atom is -0.359 e. The number of pyridine rings is 1. The average Bonchev–Trinajstić information content (AvgIpc) is 2.62. The van der Waals surface area contributed by atoms with E-state index in [0.29, 0.717) is 12.3 Å². The van der Waals surface area contributed by atoms with Gasteiger partial charge in [-0.25, -0.2) is 0 Å². The lowest BCUT2D eigenvalue weighted by molar-refractivity contribution is -0.121. The van der Waals surface area contributed by atoms with Crippen molar-refractivity contribution in [1.82, 2.24) is 20.5 Å². The smallest absolute Gasteiger partial charge is 0.220 e. The maximum absolute atomic E-state index is 11.5. The van der Waals surface area contributed by atoms with Gasteiger partial charge in [-0.3, -0.25) is 14.8 Å². The van der Waals surface area contributed by atoms with Gasteiger partial charge in [0.25, 0.3) is 0 Å². The number of amides is 1. The summed E-state index contributed by atoms with van der Waals surface area (Å²) in [5, 5.41) is 6.10. The molecule has 2 rings (SSSR count). The molecule has 24 heavy (non-hydrogen) atoms. The van der Waals surface area contributed by atoms with E-state index >= 15 is 0 Å². The van der Waals surface area contributed by atoms with E-state index in [4.69, 9.17) is 4.99 Å². The summed E-state index contributed by atoms with van der Waals surface area (Å²) in [7, 11) is 1.70. The third kappa shape index (κ3) is 5.83. The van der Waals surface area contributed by atoms with E-state index in [1.54, 1.807) is 13.2 Å². The maximum atomic E-state index is 11.5. The fraction of sp³-hybridized carbons (Fsp3) is 0.611. The summed E-state index contributed by atoms with van der Waals surface area (Å²) in [6, 6.07) is 4.04. The third-order valence-corrected chi connectivity index (χ3v) is 4.39. The molecule has 1 aromatic heterocycles. The van der Waals surface area contributed by atoms with Gasteiger partial charge in [-0.1, -0.05) is 6.07 Å². The van der Waals surface area contributed by atoms with Crippen molar-refractivity contribution in [3.05, 3.63) is 30.1 Å². The number of rotatable bonds is 6. The summed E-state index contributed by atoms with van der Waals surface area (Å²) >= 11 is 0. The summed E-state index contributed by atoms with van der Waals surface area (Å²) in [5.74, 6) is 1.62. The molecule has 6 nitrogen and oxygen atoms in total. The van der Waals surface area contributed by atoms with Crippen LogP contribution in [-0.4, -0.2) is 55.0 Å². The standard InChI is InChI=1S/C18H29N5O/c1-3-21-18(22-10-6-16-5-4-9-20-14-16)23-11-7-15(8-12-23)13-17(24)19-2/h4-5,9,14-15H,3,6-8,10-13H2,1-2H3,(H,19,24)(H,21,22). The third-order valence-electron chi connectivity index (χ3n) is 4.39. The van der Waals surface area contributed by atoms with Crippen molar-refractivity contribution in [2.24, 2.45) is 10.9 Å². The second-order valence-electron chi connectivity index (χ2n) is 6.15. The summed E-state index contributed by atoms with van der Waals surface area (Å²) in [6.07, 6.45) is 7.31. The molecule has 1 amide bonds. The van der Waals surface area contributed by atoms with E-state index in [2.05, 4.69) is 33.5 Å². The minimum atomic E-state index is 0.144. The van der Waals surface area contributed by atoms with Crippen molar-refractivity contribution in [2.75, 3.05) is 33.2 Å². The Morgan fingerprint density at radius 2 is 2.21 bits per heavy atom. The molecule has 1 saturated heterocycles. The molecule has 6 heteroatoms. The second kappa shape index (κ2) is 9.90. The lowest BCUT2D eigenvalue weighted by Crippen LogP contribution is -2.46. The van der Waals surface area contributed by atoms with Gasteiger partial charge in [0, 0.05) is 52.0 Å². The largest absolute Gasteiger partial charge is 0.359 e. The lowest BCUT2D eigenvalue weighted by Gasteiger charge is -2.34. The summed E-state index contributed by atoms with van der Waals surface area (Å²) in [5.41, 5.74) is 1.21. The van der Waals surface area contributed by atoms with Gasteiger partial charge in [-0.2, -0.15) is 0 Å². The molecule has 0 unspecified atom stereocenters. The zero-order valence-electron chi connectivity index (χ0n) is 14.8. The zero-order chi connectivity index (χ0) is 17.2. The van der Waals surface area contributed by atoms with Crippen molar-refractivity contribution in [1.29, 1.82) is 0 Å². The molecule has 0 radical (unpaired) electrons. The molecule has 0 aliphatic carbocycles. The van der Waals surface area contributed by atoms with Crippen LogP contribution in [0.2, 0.25) is 0 Å². The SMILES string of the molecule is CCNC(=NCCc1cccnc1)N1CCC(CC(=O)NC)CC1. The molecule has 1 fully saturated rings. The Labute approximate surface area is 144 Å². The highest BCUT2D eigenvalue weighted by Gasteiger charge is 2.22. The van der Waals surface area contributed by atoms with Crippen LogP contribution < -0.4 is 10.6 Å². The topological polar surface area (TPSA) is 69.6 Å². The highest BCUT2D eigenvalue weighted by Crippen LogP contribution is 2.20. The molecule has 132 valence electrons. The van der Waals surface area contributed by atoms with Crippen LogP contribution in [0.25, 0.3) is 0 Å². The molecule has 0 aromatic carbocycles. The van der Waals surface area contributed by atoms with Gasteiger partial charge >= 0.3 is 0 Å². The number of aliphatic imine (C=N–C) groups is 1. The fourth-order valence-corrected chi connectivity index (χ4v) is 2.98. The molecule has 1 aliphatic rings. The van der Waals surface area contributed by atoms with E-state index < -0.39 is 0 Å². The summed E-state index contributed by atoms with van der Waals surface area (Å²) in [4.78, 5) is 22.7. The molecule has 2 heterocycles. The van der Waals surface area contributed by atoms with Gasteiger partial charge < -0.3 is 15.5 Å². The Morgan fingerprint density at radius 1 is 1.42 bits per heavy atom. The van der Waals surface area contributed by atoms with Gasteiger partial charge in [-0.05, 0) is 43.7 Å². The lowest BCUT2D eigenvalue weighted by atomic mass is 9.93.